The molecule has 5 nitrogen and oxygen atoms in total. The minimum atomic E-state index is -0.167. The van der Waals surface area contributed by atoms with Gasteiger partial charge < -0.3 is 19.1 Å². The zero-order valence-electron chi connectivity index (χ0n) is 18.0. The molecule has 3 rings (SSSR count). The van der Waals surface area contributed by atoms with Crippen LogP contribution in [0.3, 0.4) is 0 Å². The molecule has 0 radical (unpaired) electrons. The molecular weight excluding hydrogens is 366 g/mol. The van der Waals surface area contributed by atoms with E-state index >= 15 is 0 Å². The summed E-state index contributed by atoms with van der Waals surface area (Å²) in [7, 11) is 3.27. The van der Waals surface area contributed by atoms with E-state index in [2.05, 4.69) is 19.1 Å². The van der Waals surface area contributed by atoms with E-state index < -0.39 is 0 Å². The summed E-state index contributed by atoms with van der Waals surface area (Å²) in [5.41, 5.74) is 3.51. The van der Waals surface area contributed by atoms with Gasteiger partial charge in [0.1, 0.15) is 12.4 Å². The average molecular weight is 398 g/mol. The van der Waals surface area contributed by atoms with Gasteiger partial charge in [-0.1, -0.05) is 32.9 Å². The molecule has 1 aliphatic heterocycles. The maximum atomic E-state index is 12.9. The Morgan fingerprint density at radius 1 is 1.10 bits per heavy atom. The van der Waals surface area contributed by atoms with E-state index in [0.29, 0.717) is 24.7 Å². The number of rotatable bonds is 7. The smallest absolute Gasteiger partial charge is 0.225 e. The van der Waals surface area contributed by atoms with E-state index in [-0.39, 0.29) is 17.9 Å². The fourth-order valence-electron chi connectivity index (χ4n) is 3.80. The van der Waals surface area contributed by atoms with Crippen LogP contribution in [-0.4, -0.2) is 38.2 Å². The van der Waals surface area contributed by atoms with Crippen molar-refractivity contribution in [2.24, 2.45) is 5.92 Å². The van der Waals surface area contributed by atoms with E-state index in [4.69, 9.17) is 14.2 Å². The van der Waals surface area contributed by atoms with Gasteiger partial charge in [-0.05, 0) is 53.8 Å². The molecule has 0 N–H and O–H groups in total. The second kappa shape index (κ2) is 9.21. The van der Waals surface area contributed by atoms with Crippen LogP contribution in [0, 0.1) is 5.92 Å². The Labute approximate surface area is 173 Å². The lowest BCUT2D eigenvalue weighted by Crippen LogP contribution is -2.44. The lowest BCUT2D eigenvalue weighted by atomic mass is 9.91. The first-order valence-electron chi connectivity index (χ1n) is 10.3. The minimum Gasteiger partial charge on any atom is -0.493 e. The first-order chi connectivity index (χ1) is 14.0. The van der Waals surface area contributed by atoms with E-state index in [1.165, 1.54) is 11.1 Å². The van der Waals surface area contributed by atoms with Crippen LogP contribution in [0.25, 0.3) is 0 Å². The second-order valence-corrected chi connectivity index (χ2v) is 7.67. The van der Waals surface area contributed by atoms with Crippen LogP contribution in [0.2, 0.25) is 0 Å². The quantitative estimate of drug-likeness (QED) is 0.694. The molecular formula is C24H31NO4. The van der Waals surface area contributed by atoms with E-state index in [1.54, 1.807) is 14.2 Å². The molecule has 0 aliphatic carbocycles. The van der Waals surface area contributed by atoms with Crippen molar-refractivity contribution in [1.29, 1.82) is 0 Å². The number of ether oxygens (including phenoxy) is 3. The topological polar surface area (TPSA) is 48.0 Å². The number of methoxy groups -OCH3 is 2. The third-order valence-electron chi connectivity index (χ3n) is 5.52. The van der Waals surface area contributed by atoms with Crippen molar-refractivity contribution in [3.8, 4) is 17.2 Å². The highest BCUT2D eigenvalue weighted by Crippen LogP contribution is 2.38. The van der Waals surface area contributed by atoms with E-state index in [1.807, 2.05) is 43.0 Å². The molecule has 1 atom stereocenters. The summed E-state index contributed by atoms with van der Waals surface area (Å²) in [5.74, 6) is 2.27. The zero-order valence-corrected chi connectivity index (χ0v) is 18.0. The van der Waals surface area contributed by atoms with Gasteiger partial charge in [-0.15, -0.1) is 0 Å². The predicted molar refractivity (Wildman–Crippen MR) is 114 cm³/mol. The average Bonchev–Trinajstić information content (AvgIpc) is 2.75. The summed E-state index contributed by atoms with van der Waals surface area (Å²) in [6.07, 6.45) is 1.78. The summed E-state index contributed by atoms with van der Waals surface area (Å²) in [5, 5.41) is 0. The molecule has 0 unspecified atom stereocenters. The van der Waals surface area contributed by atoms with Gasteiger partial charge in [0, 0.05) is 12.5 Å². The number of hydrogen-bond donors (Lipinski definition) is 0. The molecule has 1 heterocycles. The van der Waals surface area contributed by atoms with Gasteiger partial charge in [0.15, 0.2) is 11.5 Å². The maximum Gasteiger partial charge on any atom is 0.225 e. The molecule has 0 aromatic heterocycles. The number of aryl methyl sites for hydroxylation is 1. The molecule has 2 aromatic rings. The Hall–Kier alpha value is -2.69. The number of carbonyl (C=O) groups is 1. The normalized spacial score (nSPS) is 15.8. The molecule has 5 heteroatoms. The molecule has 2 aromatic carbocycles. The van der Waals surface area contributed by atoms with E-state index in [0.717, 1.165) is 24.2 Å². The van der Waals surface area contributed by atoms with Gasteiger partial charge in [-0.25, -0.2) is 0 Å². The molecule has 0 spiro atoms. The largest absolute Gasteiger partial charge is 0.493 e. The zero-order chi connectivity index (χ0) is 21.0. The molecule has 0 fully saturated rings. The lowest BCUT2D eigenvalue weighted by molar-refractivity contribution is -0.138. The number of carbonyl (C=O) groups excluding carboxylic acids is 1. The molecule has 0 saturated carbocycles. The standard InChI is InChI=1S/C24H31NO4/c1-6-17-7-9-19(10-8-17)29-15-21-20-14-23(28-5)22(27-4)13-18(20)11-12-25(21)24(26)16(2)3/h7-10,13-14,16,21H,6,11-12,15H2,1-5H3/t21-/m1/s1. The van der Waals surface area contributed by atoms with Crippen LogP contribution in [0.5, 0.6) is 17.2 Å². The van der Waals surface area contributed by atoms with Crippen LogP contribution < -0.4 is 14.2 Å². The van der Waals surface area contributed by atoms with Crippen molar-refractivity contribution >= 4 is 5.91 Å². The molecule has 0 bridgehead atoms. The summed E-state index contributed by atoms with van der Waals surface area (Å²) in [6, 6.07) is 12.0. The highest BCUT2D eigenvalue weighted by molar-refractivity contribution is 5.79. The monoisotopic (exact) mass is 397 g/mol. The van der Waals surface area contributed by atoms with Gasteiger partial charge >= 0.3 is 0 Å². The summed E-state index contributed by atoms with van der Waals surface area (Å²) in [6.45, 7) is 7.07. The fourth-order valence-corrected chi connectivity index (χ4v) is 3.80. The van der Waals surface area contributed by atoms with Crippen molar-refractivity contribution in [3.05, 3.63) is 53.1 Å². The summed E-state index contributed by atoms with van der Waals surface area (Å²) >= 11 is 0. The molecule has 29 heavy (non-hydrogen) atoms. The molecule has 1 amide bonds. The van der Waals surface area contributed by atoms with Crippen LogP contribution in [0.4, 0.5) is 0 Å². The second-order valence-electron chi connectivity index (χ2n) is 7.67. The number of amides is 1. The van der Waals surface area contributed by atoms with Crippen LogP contribution in [0.1, 0.15) is 43.5 Å². The third-order valence-corrected chi connectivity index (χ3v) is 5.52. The highest BCUT2D eigenvalue weighted by Gasteiger charge is 2.33. The molecule has 156 valence electrons. The first kappa shape index (κ1) is 21.0. The number of fused-ring (bicyclic) bond motifs is 1. The first-order valence-corrected chi connectivity index (χ1v) is 10.3. The van der Waals surface area contributed by atoms with Crippen molar-refractivity contribution in [2.75, 3.05) is 27.4 Å². The SMILES string of the molecule is CCc1ccc(OC[C@@H]2c3cc(OC)c(OC)cc3CCN2C(=O)C(C)C)cc1. The van der Waals surface area contributed by atoms with Crippen LogP contribution in [-0.2, 0) is 17.6 Å². The summed E-state index contributed by atoms with van der Waals surface area (Å²) in [4.78, 5) is 14.8. The summed E-state index contributed by atoms with van der Waals surface area (Å²) < 4.78 is 17.1. The van der Waals surface area contributed by atoms with Gasteiger partial charge in [0.2, 0.25) is 5.91 Å². The molecule has 1 aliphatic rings. The molecule has 0 saturated heterocycles. The maximum absolute atomic E-state index is 12.9. The van der Waals surface area contributed by atoms with Crippen molar-refractivity contribution in [1.82, 2.24) is 4.90 Å². The van der Waals surface area contributed by atoms with Crippen molar-refractivity contribution < 1.29 is 19.0 Å². The third kappa shape index (κ3) is 4.50. The lowest BCUT2D eigenvalue weighted by Gasteiger charge is -2.38. The Kier molecular flexibility index (Phi) is 6.68. The van der Waals surface area contributed by atoms with Gasteiger partial charge in [-0.2, -0.15) is 0 Å². The minimum absolute atomic E-state index is 0.0666. The number of hydrogen-bond acceptors (Lipinski definition) is 4. The Balaban J connectivity index is 1.92. The van der Waals surface area contributed by atoms with Gasteiger partial charge in [-0.3, -0.25) is 4.79 Å². The number of benzene rings is 2. The Morgan fingerprint density at radius 2 is 1.76 bits per heavy atom. The van der Waals surface area contributed by atoms with Crippen LogP contribution >= 0.6 is 0 Å². The van der Waals surface area contributed by atoms with Gasteiger partial charge in [0.25, 0.3) is 0 Å². The van der Waals surface area contributed by atoms with Gasteiger partial charge in [0.05, 0.1) is 20.3 Å². The van der Waals surface area contributed by atoms with E-state index in [9.17, 15) is 4.79 Å². The predicted octanol–water partition coefficient (Wildman–Crippen LogP) is 4.43. The van der Waals surface area contributed by atoms with Crippen LogP contribution in [0.15, 0.2) is 36.4 Å². The number of nitrogens with zero attached hydrogens (tertiary/aromatic N) is 1. The Bertz CT molecular complexity index is 845. The fraction of sp³-hybridized carbons (Fsp3) is 0.458. The Morgan fingerprint density at radius 3 is 2.34 bits per heavy atom. The van der Waals surface area contributed by atoms with Crippen molar-refractivity contribution in [3.63, 3.8) is 0 Å². The highest BCUT2D eigenvalue weighted by atomic mass is 16.5. The van der Waals surface area contributed by atoms with Crippen molar-refractivity contribution in [2.45, 2.75) is 39.7 Å².